The molecular weight excluding hydrogens is 346 g/mol. The van der Waals surface area contributed by atoms with Crippen molar-refractivity contribution in [2.45, 2.75) is 31.9 Å². The summed E-state index contributed by atoms with van der Waals surface area (Å²) in [6.07, 6.45) is 2.11. The van der Waals surface area contributed by atoms with Gasteiger partial charge in [-0.25, -0.2) is 4.68 Å². The van der Waals surface area contributed by atoms with Gasteiger partial charge >= 0.3 is 6.61 Å². The van der Waals surface area contributed by atoms with Crippen molar-refractivity contribution in [3.63, 3.8) is 0 Å². The number of benzene rings is 1. The summed E-state index contributed by atoms with van der Waals surface area (Å²) >= 11 is 0. The van der Waals surface area contributed by atoms with Crippen LogP contribution in [0.2, 0.25) is 0 Å². The maximum atomic E-state index is 12.2. The van der Waals surface area contributed by atoms with E-state index in [1.54, 1.807) is 18.2 Å². The molecule has 0 amide bonds. The zero-order valence-corrected chi connectivity index (χ0v) is 13.5. The number of rotatable bonds is 6. The average molecular weight is 360 g/mol. The topological polar surface area (TPSA) is 83.0 Å². The van der Waals surface area contributed by atoms with Crippen LogP contribution < -0.4 is 10.3 Å². The molecule has 26 heavy (non-hydrogen) atoms. The van der Waals surface area contributed by atoms with Gasteiger partial charge in [0.25, 0.3) is 5.56 Å². The SMILES string of the molecule is O=c1ccc(-c2ccc(OC(F)F)cc2)nn1Cc1nc(C2CC2)no1. The standard InChI is InChI=1S/C17H14F2N4O3/c18-17(19)25-12-5-3-10(4-6-12)13-7-8-15(24)23(21-13)9-14-20-16(22-26-14)11-1-2-11/h3-8,11,17H,1-2,9H2. The molecule has 1 aliphatic carbocycles. The number of hydrogen-bond donors (Lipinski definition) is 0. The second kappa shape index (κ2) is 6.66. The van der Waals surface area contributed by atoms with Gasteiger partial charge < -0.3 is 9.26 Å². The summed E-state index contributed by atoms with van der Waals surface area (Å²) in [4.78, 5) is 16.3. The number of aromatic nitrogens is 4. The minimum Gasteiger partial charge on any atom is -0.435 e. The number of ether oxygens (including phenoxy) is 1. The molecule has 9 heteroatoms. The highest BCUT2D eigenvalue weighted by atomic mass is 19.3. The lowest BCUT2D eigenvalue weighted by Gasteiger charge is -2.07. The monoisotopic (exact) mass is 360 g/mol. The van der Waals surface area contributed by atoms with Crippen molar-refractivity contribution >= 4 is 0 Å². The van der Waals surface area contributed by atoms with Crippen LogP contribution in [0.25, 0.3) is 11.3 Å². The third-order valence-corrected chi connectivity index (χ3v) is 3.95. The van der Waals surface area contributed by atoms with Crippen molar-refractivity contribution in [1.29, 1.82) is 0 Å². The molecule has 0 bridgehead atoms. The van der Waals surface area contributed by atoms with Gasteiger partial charge in [-0.15, -0.1) is 0 Å². The fraction of sp³-hybridized carbons (Fsp3) is 0.294. The molecule has 0 aliphatic heterocycles. The van der Waals surface area contributed by atoms with Crippen molar-refractivity contribution in [2.75, 3.05) is 0 Å². The van der Waals surface area contributed by atoms with Gasteiger partial charge in [0.05, 0.1) is 5.69 Å². The molecule has 0 atom stereocenters. The summed E-state index contributed by atoms with van der Waals surface area (Å²) in [7, 11) is 0. The molecule has 0 unspecified atom stereocenters. The lowest BCUT2D eigenvalue weighted by molar-refractivity contribution is -0.0498. The van der Waals surface area contributed by atoms with E-state index >= 15 is 0 Å². The maximum Gasteiger partial charge on any atom is 0.387 e. The Balaban J connectivity index is 1.56. The Morgan fingerprint density at radius 1 is 1.19 bits per heavy atom. The van der Waals surface area contributed by atoms with E-state index in [0.717, 1.165) is 12.8 Å². The maximum absolute atomic E-state index is 12.2. The van der Waals surface area contributed by atoms with Gasteiger partial charge in [-0.05, 0) is 43.2 Å². The molecule has 0 spiro atoms. The molecular formula is C17H14F2N4O3. The number of halogens is 2. The van der Waals surface area contributed by atoms with E-state index < -0.39 is 6.61 Å². The van der Waals surface area contributed by atoms with Crippen LogP contribution in [-0.4, -0.2) is 26.5 Å². The molecule has 1 aliphatic rings. The van der Waals surface area contributed by atoms with Gasteiger partial charge in [0.2, 0.25) is 5.89 Å². The molecule has 2 heterocycles. The predicted octanol–water partition coefficient (Wildman–Crippen LogP) is 2.82. The highest BCUT2D eigenvalue weighted by Crippen LogP contribution is 2.38. The van der Waals surface area contributed by atoms with Gasteiger partial charge in [0.15, 0.2) is 5.82 Å². The van der Waals surface area contributed by atoms with Crippen LogP contribution in [-0.2, 0) is 6.54 Å². The Labute approximate surface area is 146 Å². The van der Waals surface area contributed by atoms with Crippen LogP contribution in [0.3, 0.4) is 0 Å². The predicted molar refractivity (Wildman–Crippen MR) is 85.9 cm³/mol. The first-order chi connectivity index (χ1) is 12.6. The zero-order valence-electron chi connectivity index (χ0n) is 13.5. The molecule has 1 fully saturated rings. The Bertz CT molecular complexity index is 965. The van der Waals surface area contributed by atoms with Crippen LogP contribution in [0, 0.1) is 0 Å². The van der Waals surface area contributed by atoms with E-state index in [2.05, 4.69) is 20.0 Å². The highest BCUT2D eigenvalue weighted by molar-refractivity contribution is 5.59. The van der Waals surface area contributed by atoms with Crippen molar-refractivity contribution < 1.29 is 18.0 Å². The molecule has 2 aromatic heterocycles. The largest absolute Gasteiger partial charge is 0.435 e. The van der Waals surface area contributed by atoms with Gasteiger partial charge in [0, 0.05) is 17.5 Å². The van der Waals surface area contributed by atoms with E-state index in [-0.39, 0.29) is 17.9 Å². The smallest absolute Gasteiger partial charge is 0.387 e. The number of alkyl halides is 2. The van der Waals surface area contributed by atoms with Crippen LogP contribution in [0.1, 0.15) is 30.5 Å². The van der Waals surface area contributed by atoms with Gasteiger partial charge in [0.1, 0.15) is 12.3 Å². The molecule has 4 rings (SSSR count). The molecule has 134 valence electrons. The molecule has 0 saturated heterocycles. The van der Waals surface area contributed by atoms with Gasteiger partial charge in [-0.3, -0.25) is 4.79 Å². The lowest BCUT2D eigenvalue weighted by Crippen LogP contribution is -2.23. The Kier molecular flexibility index (Phi) is 4.19. The minimum absolute atomic E-state index is 0.0514. The fourth-order valence-corrected chi connectivity index (χ4v) is 2.49. The van der Waals surface area contributed by atoms with Crippen molar-refractivity contribution in [3.05, 3.63) is 58.5 Å². The van der Waals surface area contributed by atoms with Crippen molar-refractivity contribution in [1.82, 2.24) is 19.9 Å². The van der Waals surface area contributed by atoms with Gasteiger partial charge in [-0.1, -0.05) is 5.16 Å². The molecule has 3 aromatic rings. The minimum atomic E-state index is -2.88. The third kappa shape index (κ3) is 3.61. The number of hydrogen-bond acceptors (Lipinski definition) is 6. The highest BCUT2D eigenvalue weighted by Gasteiger charge is 2.28. The Morgan fingerprint density at radius 3 is 2.65 bits per heavy atom. The van der Waals surface area contributed by atoms with Crippen LogP contribution >= 0.6 is 0 Å². The van der Waals surface area contributed by atoms with E-state index in [9.17, 15) is 13.6 Å². The summed E-state index contributed by atoms with van der Waals surface area (Å²) in [5.41, 5.74) is 0.859. The Morgan fingerprint density at radius 2 is 1.96 bits per heavy atom. The molecule has 0 N–H and O–H groups in total. The van der Waals surface area contributed by atoms with E-state index in [0.29, 0.717) is 28.9 Å². The first-order valence-electron chi connectivity index (χ1n) is 8.04. The average Bonchev–Trinajstić information content (AvgIpc) is 3.37. The van der Waals surface area contributed by atoms with Gasteiger partial charge in [-0.2, -0.15) is 18.9 Å². The summed E-state index contributed by atoms with van der Waals surface area (Å²) in [5.74, 6) is 1.39. The summed E-state index contributed by atoms with van der Waals surface area (Å²) in [5, 5.41) is 8.20. The fourth-order valence-electron chi connectivity index (χ4n) is 2.49. The quantitative estimate of drug-likeness (QED) is 0.672. The first-order valence-corrected chi connectivity index (χ1v) is 8.04. The summed E-state index contributed by atoms with van der Waals surface area (Å²) in [6, 6.07) is 8.95. The molecule has 1 aromatic carbocycles. The Hall–Kier alpha value is -3.10. The lowest BCUT2D eigenvalue weighted by atomic mass is 10.1. The van der Waals surface area contributed by atoms with E-state index in [4.69, 9.17) is 4.52 Å². The molecule has 7 nitrogen and oxygen atoms in total. The van der Waals surface area contributed by atoms with E-state index in [1.165, 1.54) is 22.9 Å². The van der Waals surface area contributed by atoms with Crippen LogP contribution in [0.15, 0.2) is 45.7 Å². The normalized spacial score (nSPS) is 14.0. The zero-order chi connectivity index (χ0) is 18.1. The second-order valence-corrected chi connectivity index (χ2v) is 5.94. The van der Waals surface area contributed by atoms with Crippen LogP contribution in [0.4, 0.5) is 8.78 Å². The second-order valence-electron chi connectivity index (χ2n) is 5.94. The first kappa shape index (κ1) is 16.4. The van der Waals surface area contributed by atoms with Crippen LogP contribution in [0.5, 0.6) is 5.75 Å². The summed E-state index contributed by atoms with van der Waals surface area (Å²) in [6.45, 7) is -2.81. The molecule has 1 saturated carbocycles. The summed E-state index contributed by atoms with van der Waals surface area (Å²) < 4.78 is 35.1. The van der Waals surface area contributed by atoms with E-state index in [1.807, 2.05) is 0 Å². The molecule has 0 radical (unpaired) electrons. The van der Waals surface area contributed by atoms with Crippen molar-refractivity contribution in [3.8, 4) is 17.0 Å². The van der Waals surface area contributed by atoms with Crippen molar-refractivity contribution in [2.24, 2.45) is 0 Å². The number of nitrogens with zero attached hydrogens (tertiary/aromatic N) is 4. The third-order valence-electron chi connectivity index (χ3n) is 3.95.